The zero-order valence-corrected chi connectivity index (χ0v) is 12.7. The number of allylic oxidation sites excluding steroid dienone is 2. The van der Waals surface area contributed by atoms with Gasteiger partial charge in [-0.15, -0.1) is 0 Å². The molecule has 0 heterocycles. The highest BCUT2D eigenvalue weighted by molar-refractivity contribution is 5.69. The minimum atomic E-state index is -0.0559. The Balaban J connectivity index is 2.61. The first kappa shape index (κ1) is 15.3. The second kappa shape index (κ2) is 5.90. The molecule has 0 saturated heterocycles. The average Bonchev–Trinajstić information content (AvgIpc) is 2.13. The van der Waals surface area contributed by atoms with Crippen LogP contribution in [0.15, 0.2) is 11.6 Å². The van der Waals surface area contributed by atoms with E-state index in [9.17, 15) is 4.79 Å². The van der Waals surface area contributed by atoms with Gasteiger partial charge in [-0.3, -0.25) is 4.79 Å². The number of rotatable bonds is 4. The summed E-state index contributed by atoms with van der Waals surface area (Å²) in [4.78, 5) is 11.7. The Morgan fingerprint density at radius 2 is 2.06 bits per heavy atom. The van der Waals surface area contributed by atoms with E-state index in [1.165, 1.54) is 5.57 Å². The van der Waals surface area contributed by atoms with Gasteiger partial charge in [0.2, 0.25) is 0 Å². The van der Waals surface area contributed by atoms with Gasteiger partial charge in [0.05, 0.1) is 0 Å². The van der Waals surface area contributed by atoms with E-state index in [0.29, 0.717) is 18.3 Å². The first-order valence-electron chi connectivity index (χ1n) is 7.07. The normalized spacial score (nSPS) is 24.6. The van der Waals surface area contributed by atoms with E-state index in [-0.39, 0.29) is 17.5 Å². The molecule has 2 heteroatoms. The smallest absolute Gasteiger partial charge is 0.306 e. The lowest BCUT2D eigenvalue weighted by molar-refractivity contribution is -0.154. The summed E-state index contributed by atoms with van der Waals surface area (Å²) in [6.45, 7) is 12.9. The number of hydrogen-bond donors (Lipinski definition) is 0. The van der Waals surface area contributed by atoms with Crippen molar-refractivity contribution in [2.75, 3.05) is 0 Å². The Bertz CT molecular complexity index is 326. The van der Waals surface area contributed by atoms with E-state index in [2.05, 4.69) is 26.8 Å². The van der Waals surface area contributed by atoms with Gasteiger partial charge in [-0.05, 0) is 38.0 Å². The van der Waals surface area contributed by atoms with E-state index < -0.39 is 0 Å². The van der Waals surface area contributed by atoms with Crippen LogP contribution in [0.25, 0.3) is 0 Å². The summed E-state index contributed by atoms with van der Waals surface area (Å²) >= 11 is 0. The van der Waals surface area contributed by atoms with Crippen LogP contribution in [-0.4, -0.2) is 12.1 Å². The number of esters is 1. The molecule has 0 amide bonds. The Labute approximate surface area is 112 Å². The summed E-state index contributed by atoms with van der Waals surface area (Å²) in [5, 5.41) is 0. The monoisotopic (exact) mass is 252 g/mol. The molecule has 0 aromatic carbocycles. The van der Waals surface area contributed by atoms with Crippen LogP contribution < -0.4 is 0 Å². The maximum atomic E-state index is 11.7. The summed E-state index contributed by atoms with van der Waals surface area (Å²) < 4.78 is 5.60. The van der Waals surface area contributed by atoms with E-state index in [4.69, 9.17) is 4.74 Å². The molecule has 2 unspecified atom stereocenters. The van der Waals surface area contributed by atoms with Gasteiger partial charge in [0.1, 0.15) is 6.10 Å². The highest BCUT2D eigenvalue weighted by atomic mass is 16.5. The van der Waals surface area contributed by atoms with Crippen LogP contribution >= 0.6 is 0 Å². The lowest BCUT2D eigenvalue weighted by atomic mass is 9.67. The number of carbonyl (C=O) groups excluding carboxylic acids is 1. The molecule has 0 radical (unpaired) electrons. The van der Waals surface area contributed by atoms with Crippen LogP contribution in [0, 0.1) is 17.3 Å². The van der Waals surface area contributed by atoms with Gasteiger partial charge in [0.25, 0.3) is 0 Å². The molecule has 2 nitrogen and oxygen atoms in total. The molecule has 1 rings (SSSR count). The molecule has 0 spiro atoms. The van der Waals surface area contributed by atoms with Crippen molar-refractivity contribution in [2.45, 2.75) is 66.9 Å². The van der Waals surface area contributed by atoms with Crippen molar-refractivity contribution < 1.29 is 9.53 Å². The van der Waals surface area contributed by atoms with Gasteiger partial charge < -0.3 is 4.74 Å². The fourth-order valence-electron chi connectivity index (χ4n) is 3.07. The van der Waals surface area contributed by atoms with E-state index in [0.717, 1.165) is 12.8 Å². The lowest BCUT2D eigenvalue weighted by Crippen LogP contribution is -2.37. The Morgan fingerprint density at radius 3 is 2.56 bits per heavy atom. The topological polar surface area (TPSA) is 26.3 Å². The van der Waals surface area contributed by atoms with Crippen LogP contribution in [-0.2, 0) is 9.53 Å². The van der Waals surface area contributed by atoms with Crippen LogP contribution in [0.3, 0.4) is 0 Å². The molecule has 18 heavy (non-hydrogen) atoms. The number of carbonyl (C=O) groups is 1. The summed E-state index contributed by atoms with van der Waals surface area (Å²) in [6.07, 6.45) is 4.95. The Kier molecular flexibility index (Phi) is 5.01. The van der Waals surface area contributed by atoms with Crippen molar-refractivity contribution in [1.82, 2.24) is 0 Å². The third-order valence-corrected chi connectivity index (χ3v) is 3.92. The molecular formula is C16H28O2. The van der Waals surface area contributed by atoms with Crippen LogP contribution in [0.2, 0.25) is 0 Å². The van der Waals surface area contributed by atoms with E-state index in [1.54, 1.807) is 0 Å². The third-order valence-electron chi connectivity index (χ3n) is 3.92. The Hall–Kier alpha value is -0.790. The summed E-state index contributed by atoms with van der Waals surface area (Å²) in [5.41, 5.74) is 1.67. The largest absolute Gasteiger partial charge is 0.462 e. The zero-order valence-electron chi connectivity index (χ0n) is 12.7. The highest BCUT2D eigenvalue weighted by Gasteiger charge is 2.37. The van der Waals surface area contributed by atoms with Crippen molar-refractivity contribution >= 4 is 5.97 Å². The first-order valence-corrected chi connectivity index (χ1v) is 7.07. The number of hydrogen-bond acceptors (Lipinski definition) is 2. The van der Waals surface area contributed by atoms with Gasteiger partial charge in [0, 0.05) is 12.3 Å². The quantitative estimate of drug-likeness (QED) is 0.549. The SMILES string of the molecule is CC1=CCC(C(C)OC(=O)CC(C)C)C(C)(C)C1. The van der Waals surface area contributed by atoms with Crippen LogP contribution in [0.1, 0.15) is 60.8 Å². The van der Waals surface area contributed by atoms with E-state index >= 15 is 0 Å². The number of ether oxygens (including phenoxy) is 1. The third kappa shape index (κ3) is 4.15. The van der Waals surface area contributed by atoms with E-state index in [1.807, 2.05) is 20.8 Å². The minimum absolute atomic E-state index is 0.00981. The molecular weight excluding hydrogens is 224 g/mol. The zero-order chi connectivity index (χ0) is 13.9. The standard InChI is InChI=1S/C16H28O2/c1-11(2)9-15(17)18-13(4)14-8-7-12(3)10-16(14,5)6/h7,11,13-14H,8-10H2,1-6H3. The maximum absolute atomic E-state index is 11.7. The molecule has 0 N–H and O–H groups in total. The predicted molar refractivity (Wildman–Crippen MR) is 75.3 cm³/mol. The molecule has 0 saturated carbocycles. The molecule has 0 aromatic heterocycles. The molecule has 104 valence electrons. The summed E-state index contributed by atoms with van der Waals surface area (Å²) in [5.74, 6) is 0.739. The van der Waals surface area contributed by atoms with Crippen LogP contribution in [0.5, 0.6) is 0 Å². The Morgan fingerprint density at radius 1 is 1.44 bits per heavy atom. The second-order valence-corrected chi connectivity index (χ2v) is 6.85. The van der Waals surface area contributed by atoms with Gasteiger partial charge in [-0.1, -0.05) is 39.3 Å². The fourth-order valence-corrected chi connectivity index (χ4v) is 3.07. The predicted octanol–water partition coefficient (Wildman–Crippen LogP) is 4.35. The van der Waals surface area contributed by atoms with Crippen molar-refractivity contribution in [3.8, 4) is 0 Å². The van der Waals surface area contributed by atoms with Gasteiger partial charge >= 0.3 is 5.97 Å². The molecule has 0 aromatic rings. The summed E-state index contributed by atoms with van der Waals surface area (Å²) in [7, 11) is 0. The van der Waals surface area contributed by atoms with Crippen molar-refractivity contribution in [2.24, 2.45) is 17.3 Å². The van der Waals surface area contributed by atoms with Crippen LogP contribution in [0.4, 0.5) is 0 Å². The fraction of sp³-hybridized carbons (Fsp3) is 0.812. The van der Waals surface area contributed by atoms with Gasteiger partial charge in [-0.25, -0.2) is 0 Å². The van der Waals surface area contributed by atoms with Gasteiger partial charge in [0.15, 0.2) is 0 Å². The molecule has 0 bridgehead atoms. The van der Waals surface area contributed by atoms with Crippen molar-refractivity contribution in [3.63, 3.8) is 0 Å². The molecule has 1 aliphatic rings. The molecule has 0 fully saturated rings. The van der Waals surface area contributed by atoms with Crippen molar-refractivity contribution in [1.29, 1.82) is 0 Å². The second-order valence-electron chi connectivity index (χ2n) is 6.85. The van der Waals surface area contributed by atoms with Crippen molar-refractivity contribution in [3.05, 3.63) is 11.6 Å². The highest BCUT2D eigenvalue weighted by Crippen LogP contribution is 2.42. The molecule has 0 aliphatic heterocycles. The first-order chi connectivity index (χ1) is 8.22. The summed E-state index contributed by atoms with van der Waals surface area (Å²) in [6, 6.07) is 0. The average molecular weight is 252 g/mol. The molecule has 1 aliphatic carbocycles. The lowest BCUT2D eigenvalue weighted by Gasteiger charge is -2.40. The van der Waals surface area contributed by atoms with Gasteiger partial charge in [-0.2, -0.15) is 0 Å². The maximum Gasteiger partial charge on any atom is 0.306 e. The molecule has 2 atom stereocenters. The minimum Gasteiger partial charge on any atom is -0.462 e.